The average Bonchev–Trinajstić information content (AvgIpc) is 3.08. The molecular weight excluding hydrogens is 326 g/mol. The van der Waals surface area contributed by atoms with Gasteiger partial charge < -0.3 is 14.6 Å². The number of thiophene rings is 1. The molecule has 0 saturated heterocycles. The van der Waals surface area contributed by atoms with Gasteiger partial charge in [0.2, 0.25) is 5.82 Å². The molecule has 1 fully saturated rings. The van der Waals surface area contributed by atoms with Crippen molar-refractivity contribution in [1.29, 1.82) is 0 Å². The second-order valence-corrected chi connectivity index (χ2v) is 6.37. The zero-order valence-corrected chi connectivity index (χ0v) is 13.6. The minimum Gasteiger partial charge on any atom is -0.484 e. The van der Waals surface area contributed by atoms with E-state index >= 15 is 0 Å². The Morgan fingerprint density at radius 1 is 1.33 bits per heavy atom. The Kier molecular flexibility index (Phi) is 4.00. The van der Waals surface area contributed by atoms with Gasteiger partial charge in [0.25, 0.3) is 11.8 Å². The highest BCUT2D eigenvalue weighted by Crippen LogP contribution is 2.26. The maximum absolute atomic E-state index is 11.7. The van der Waals surface area contributed by atoms with E-state index in [1.807, 2.05) is 29.0 Å². The number of nitrogens with zero attached hydrogens (tertiary/aromatic N) is 2. The number of benzene rings is 1. The molecule has 1 saturated carbocycles. The van der Waals surface area contributed by atoms with E-state index < -0.39 is 0 Å². The van der Waals surface area contributed by atoms with Crippen LogP contribution in [0.5, 0.6) is 5.75 Å². The minimum atomic E-state index is -0.0952. The van der Waals surface area contributed by atoms with E-state index in [4.69, 9.17) is 9.26 Å². The number of aromatic nitrogens is 2. The number of hydrogen-bond donors (Lipinski definition) is 1. The molecule has 24 heavy (non-hydrogen) atoms. The summed E-state index contributed by atoms with van der Waals surface area (Å²) in [5.41, 5.74) is 1.68. The first kappa shape index (κ1) is 14.9. The standard InChI is InChI=1S/C17H15N3O3S/c21-15(18-13-4-5-13)9-22-14-3-1-2-11(8-14)16-19-17(23-20-16)12-6-7-24-10-12/h1-3,6-8,10,13H,4-5,9H2,(H,18,21). The number of rotatable bonds is 6. The summed E-state index contributed by atoms with van der Waals surface area (Å²) in [5.74, 6) is 1.48. The molecule has 122 valence electrons. The van der Waals surface area contributed by atoms with E-state index in [-0.39, 0.29) is 12.5 Å². The van der Waals surface area contributed by atoms with E-state index in [9.17, 15) is 4.79 Å². The highest BCUT2D eigenvalue weighted by atomic mass is 32.1. The predicted molar refractivity (Wildman–Crippen MR) is 89.7 cm³/mol. The van der Waals surface area contributed by atoms with Crippen molar-refractivity contribution in [3.63, 3.8) is 0 Å². The van der Waals surface area contributed by atoms with Crippen LogP contribution in [0.1, 0.15) is 12.8 Å². The third-order valence-corrected chi connectivity index (χ3v) is 4.28. The van der Waals surface area contributed by atoms with Crippen LogP contribution in [0.2, 0.25) is 0 Å². The number of carbonyl (C=O) groups is 1. The molecule has 1 amide bonds. The van der Waals surface area contributed by atoms with Crippen LogP contribution >= 0.6 is 11.3 Å². The normalized spacial score (nSPS) is 13.7. The maximum Gasteiger partial charge on any atom is 0.259 e. The molecule has 0 radical (unpaired) electrons. The van der Waals surface area contributed by atoms with Gasteiger partial charge in [-0.2, -0.15) is 16.3 Å². The van der Waals surface area contributed by atoms with Gasteiger partial charge in [-0.1, -0.05) is 17.3 Å². The maximum atomic E-state index is 11.7. The molecule has 0 spiro atoms. The molecule has 2 heterocycles. The fraction of sp³-hybridized carbons (Fsp3) is 0.235. The van der Waals surface area contributed by atoms with Crippen LogP contribution in [-0.4, -0.2) is 28.7 Å². The molecule has 0 unspecified atom stereocenters. The van der Waals surface area contributed by atoms with Gasteiger partial charge in [0.15, 0.2) is 6.61 Å². The van der Waals surface area contributed by atoms with Gasteiger partial charge in [-0.3, -0.25) is 4.79 Å². The summed E-state index contributed by atoms with van der Waals surface area (Å²) in [7, 11) is 0. The zero-order valence-electron chi connectivity index (χ0n) is 12.8. The Morgan fingerprint density at radius 2 is 2.25 bits per heavy atom. The van der Waals surface area contributed by atoms with E-state index in [1.165, 1.54) is 0 Å². The number of carbonyl (C=O) groups excluding carboxylic acids is 1. The Hall–Kier alpha value is -2.67. The first-order chi connectivity index (χ1) is 11.8. The van der Waals surface area contributed by atoms with Gasteiger partial charge in [0.05, 0.1) is 5.56 Å². The van der Waals surface area contributed by atoms with Crippen molar-refractivity contribution in [2.24, 2.45) is 0 Å². The van der Waals surface area contributed by atoms with Crippen LogP contribution in [0.25, 0.3) is 22.8 Å². The molecule has 0 bridgehead atoms. The summed E-state index contributed by atoms with van der Waals surface area (Å²) in [6.07, 6.45) is 2.12. The monoisotopic (exact) mass is 341 g/mol. The Bertz CT molecular complexity index is 840. The summed E-state index contributed by atoms with van der Waals surface area (Å²) in [6, 6.07) is 9.58. The van der Waals surface area contributed by atoms with E-state index in [2.05, 4.69) is 15.5 Å². The highest BCUT2D eigenvalue weighted by Gasteiger charge is 2.23. The van der Waals surface area contributed by atoms with Gasteiger partial charge in [0.1, 0.15) is 5.75 Å². The van der Waals surface area contributed by atoms with Gasteiger partial charge in [-0.15, -0.1) is 0 Å². The summed E-state index contributed by atoms with van der Waals surface area (Å²) in [4.78, 5) is 16.1. The second-order valence-electron chi connectivity index (χ2n) is 5.59. The first-order valence-electron chi connectivity index (χ1n) is 7.67. The van der Waals surface area contributed by atoms with Gasteiger partial charge in [-0.05, 0) is 36.4 Å². The van der Waals surface area contributed by atoms with Crippen LogP contribution in [0.15, 0.2) is 45.6 Å². The number of amides is 1. The Balaban J connectivity index is 1.45. The smallest absolute Gasteiger partial charge is 0.259 e. The van der Waals surface area contributed by atoms with Crippen molar-refractivity contribution in [2.45, 2.75) is 18.9 Å². The largest absolute Gasteiger partial charge is 0.484 e. The topological polar surface area (TPSA) is 77.2 Å². The van der Waals surface area contributed by atoms with E-state index in [0.717, 1.165) is 24.0 Å². The highest BCUT2D eigenvalue weighted by molar-refractivity contribution is 7.08. The number of nitrogens with one attached hydrogen (secondary N) is 1. The van der Waals surface area contributed by atoms with Crippen molar-refractivity contribution >= 4 is 17.2 Å². The van der Waals surface area contributed by atoms with Crippen LogP contribution in [0.4, 0.5) is 0 Å². The fourth-order valence-corrected chi connectivity index (χ4v) is 2.84. The van der Waals surface area contributed by atoms with Gasteiger partial charge in [-0.25, -0.2) is 0 Å². The molecule has 2 aromatic heterocycles. The van der Waals surface area contributed by atoms with Gasteiger partial charge in [0, 0.05) is 17.0 Å². The average molecular weight is 341 g/mol. The molecule has 7 heteroatoms. The lowest BCUT2D eigenvalue weighted by Crippen LogP contribution is -2.30. The Labute approximate surface area is 142 Å². The lowest BCUT2D eigenvalue weighted by atomic mass is 10.2. The summed E-state index contributed by atoms with van der Waals surface area (Å²) in [6.45, 7) is 0.00630. The summed E-state index contributed by atoms with van der Waals surface area (Å²) < 4.78 is 10.8. The molecule has 0 aliphatic heterocycles. The molecule has 1 aromatic carbocycles. The molecule has 1 aliphatic carbocycles. The van der Waals surface area contributed by atoms with Crippen LogP contribution in [-0.2, 0) is 4.79 Å². The van der Waals surface area contributed by atoms with Crippen LogP contribution < -0.4 is 10.1 Å². The molecule has 3 aromatic rings. The van der Waals surface area contributed by atoms with Crippen LogP contribution in [0, 0.1) is 0 Å². The molecule has 6 nitrogen and oxygen atoms in total. The lowest BCUT2D eigenvalue weighted by molar-refractivity contribution is -0.123. The second kappa shape index (κ2) is 6.45. The van der Waals surface area contributed by atoms with Crippen LogP contribution in [0.3, 0.4) is 0 Å². The molecular formula is C17H15N3O3S. The van der Waals surface area contributed by atoms with Crippen molar-refractivity contribution in [1.82, 2.24) is 15.5 Å². The molecule has 1 aliphatic rings. The van der Waals surface area contributed by atoms with Crippen molar-refractivity contribution in [3.05, 3.63) is 41.1 Å². The molecule has 1 N–H and O–H groups in total. The summed E-state index contributed by atoms with van der Waals surface area (Å²) >= 11 is 1.57. The number of hydrogen-bond acceptors (Lipinski definition) is 6. The molecule has 0 atom stereocenters. The third-order valence-electron chi connectivity index (χ3n) is 3.60. The zero-order chi connectivity index (χ0) is 16.4. The third kappa shape index (κ3) is 3.46. The quantitative estimate of drug-likeness (QED) is 0.745. The SMILES string of the molecule is O=C(COc1cccc(-c2noc(-c3ccsc3)n2)c1)NC1CC1. The first-order valence-corrected chi connectivity index (χ1v) is 8.61. The summed E-state index contributed by atoms with van der Waals surface area (Å²) in [5, 5.41) is 10.8. The number of ether oxygens (including phenoxy) is 1. The fourth-order valence-electron chi connectivity index (χ4n) is 2.22. The molecule has 4 rings (SSSR count). The Morgan fingerprint density at radius 3 is 3.04 bits per heavy atom. The lowest BCUT2D eigenvalue weighted by Gasteiger charge is -2.07. The van der Waals surface area contributed by atoms with Crippen molar-refractivity contribution < 1.29 is 14.1 Å². The minimum absolute atomic E-state index is 0.00630. The predicted octanol–water partition coefficient (Wildman–Crippen LogP) is 3.12. The van der Waals surface area contributed by atoms with Gasteiger partial charge >= 0.3 is 0 Å². The van der Waals surface area contributed by atoms with Crippen molar-refractivity contribution in [2.75, 3.05) is 6.61 Å². The van der Waals surface area contributed by atoms with E-state index in [1.54, 1.807) is 23.5 Å². The van der Waals surface area contributed by atoms with E-state index in [0.29, 0.717) is 23.5 Å². The van der Waals surface area contributed by atoms with Crippen molar-refractivity contribution in [3.8, 4) is 28.6 Å².